The molecular weight excluding hydrogens is 260 g/mol. The molecule has 0 amide bonds. The number of aromatic hydroxyl groups is 1. The molecule has 4 atom stereocenters. The highest BCUT2D eigenvalue weighted by Crippen LogP contribution is 2.36. The second kappa shape index (κ2) is 4.92. The molecule has 1 aromatic carbocycles. The summed E-state index contributed by atoms with van der Waals surface area (Å²) in [4.78, 5) is 12.5. The van der Waals surface area contributed by atoms with Gasteiger partial charge in [-0.1, -0.05) is 12.1 Å². The first-order valence-corrected chi connectivity index (χ1v) is 6.61. The van der Waals surface area contributed by atoms with Crippen LogP contribution in [0, 0.1) is 5.92 Å². The lowest BCUT2D eigenvalue weighted by Crippen LogP contribution is -2.48. The minimum Gasteiger partial charge on any atom is -0.508 e. The van der Waals surface area contributed by atoms with Crippen molar-refractivity contribution in [3.8, 4) is 5.75 Å². The minimum atomic E-state index is -0.892. The number of ketones is 1. The quantitative estimate of drug-likeness (QED) is 0.707. The van der Waals surface area contributed by atoms with Gasteiger partial charge >= 0.3 is 0 Å². The van der Waals surface area contributed by atoms with Crippen LogP contribution in [0.5, 0.6) is 5.75 Å². The Kier molecular flexibility index (Phi) is 3.23. The van der Waals surface area contributed by atoms with E-state index >= 15 is 0 Å². The molecule has 20 heavy (non-hydrogen) atoms. The molecule has 1 aliphatic heterocycles. The molecule has 5 heteroatoms. The maximum atomic E-state index is 12.5. The van der Waals surface area contributed by atoms with Crippen molar-refractivity contribution in [1.82, 2.24) is 0 Å². The normalized spacial score (nSPS) is 33.1. The van der Waals surface area contributed by atoms with Crippen molar-refractivity contribution in [2.75, 3.05) is 0 Å². The smallest absolute Gasteiger partial charge is 0.175 e. The third-order valence-corrected chi connectivity index (χ3v) is 3.94. The van der Waals surface area contributed by atoms with E-state index in [2.05, 4.69) is 0 Å². The number of hydrogen-bond donors (Lipinski definition) is 3. The van der Waals surface area contributed by atoms with Gasteiger partial charge in [-0.25, -0.2) is 0 Å². The van der Waals surface area contributed by atoms with Crippen molar-refractivity contribution in [1.29, 1.82) is 0 Å². The largest absolute Gasteiger partial charge is 0.508 e. The lowest BCUT2D eigenvalue weighted by atomic mass is 9.76. The van der Waals surface area contributed by atoms with E-state index in [1.54, 1.807) is 12.1 Å². The number of phenolic OH excluding ortho intramolecular Hbond substituents is 1. The van der Waals surface area contributed by atoms with Gasteiger partial charge in [0.2, 0.25) is 0 Å². The zero-order chi connectivity index (χ0) is 14.3. The first-order chi connectivity index (χ1) is 9.56. The molecule has 1 fully saturated rings. The fraction of sp³-hybridized carbons (Fsp3) is 0.400. The fourth-order valence-corrected chi connectivity index (χ4v) is 2.91. The van der Waals surface area contributed by atoms with Gasteiger partial charge in [-0.05, 0) is 17.7 Å². The van der Waals surface area contributed by atoms with E-state index in [1.165, 1.54) is 18.4 Å². The molecule has 3 rings (SSSR count). The zero-order valence-electron chi connectivity index (χ0n) is 10.8. The number of hydrogen-bond acceptors (Lipinski definition) is 5. The van der Waals surface area contributed by atoms with Crippen molar-refractivity contribution < 1.29 is 24.9 Å². The van der Waals surface area contributed by atoms with Gasteiger partial charge in [0.05, 0.1) is 30.0 Å². The number of aliphatic hydroxyl groups is 2. The lowest BCUT2D eigenvalue weighted by Gasteiger charge is -2.39. The van der Waals surface area contributed by atoms with E-state index in [0.717, 1.165) is 0 Å². The molecule has 1 saturated carbocycles. The Morgan fingerprint density at radius 2 is 1.80 bits per heavy atom. The molecule has 106 valence electrons. The van der Waals surface area contributed by atoms with Crippen LogP contribution in [0.4, 0.5) is 0 Å². The Balaban J connectivity index is 1.91. The Morgan fingerprint density at radius 3 is 2.50 bits per heavy atom. The predicted molar refractivity (Wildman–Crippen MR) is 70.7 cm³/mol. The third-order valence-electron chi connectivity index (χ3n) is 3.94. The predicted octanol–water partition coefficient (Wildman–Crippen LogP) is 0.833. The molecule has 1 aliphatic carbocycles. The maximum Gasteiger partial charge on any atom is 0.175 e. The van der Waals surface area contributed by atoms with Crippen molar-refractivity contribution >= 4 is 11.4 Å². The number of carbonyl (C=O) groups excluding carboxylic acids is 1. The molecule has 4 unspecified atom stereocenters. The van der Waals surface area contributed by atoms with E-state index in [4.69, 9.17) is 4.74 Å². The number of ether oxygens (including phenoxy) is 1. The average Bonchev–Trinajstić information content (AvgIpc) is 2.39. The summed E-state index contributed by atoms with van der Waals surface area (Å²) in [6, 6.07) is 6.26. The number of benzene rings is 1. The van der Waals surface area contributed by atoms with Gasteiger partial charge in [0.25, 0.3) is 0 Å². The van der Waals surface area contributed by atoms with Gasteiger partial charge in [0.1, 0.15) is 11.9 Å². The van der Waals surface area contributed by atoms with Crippen molar-refractivity contribution in [2.45, 2.75) is 31.2 Å². The van der Waals surface area contributed by atoms with Crippen LogP contribution >= 0.6 is 0 Å². The fourth-order valence-electron chi connectivity index (χ4n) is 2.91. The first kappa shape index (κ1) is 13.1. The molecule has 0 saturated heterocycles. The molecule has 0 radical (unpaired) electrons. The van der Waals surface area contributed by atoms with Gasteiger partial charge < -0.3 is 20.1 Å². The molecule has 1 aromatic rings. The van der Waals surface area contributed by atoms with Crippen molar-refractivity contribution in [3.63, 3.8) is 0 Å². The van der Waals surface area contributed by atoms with Crippen LogP contribution in [0.3, 0.4) is 0 Å². The van der Waals surface area contributed by atoms with Crippen LogP contribution in [-0.4, -0.2) is 39.4 Å². The topological polar surface area (TPSA) is 87.0 Å². The maximum absolute atomic E-state index is 12.5. The van der Waals surface area contributed by atoms with Crippen molar-refractivity contribution in [2.24, 2.45) is 5.92 Å². The number of aliphatic hydroxyl groups excluding tert-OH is 2. The monoisotopic (exact) mass is 276 g/mol. The Morgan fingerprint density at radius 1 is 1.10 bits per heavy atom. The van der Waals surface area contributed by atoms with Gasteiger partial charge in [-0.3, -0.25) is 4.79 Å². The van der Waals surface area contributed by atoms with Gasteiger partial charge in [0, 0.05) is 12.8 Å². The van der Waals surface area contributed by atoms with E-state index in [-0.39, 0.29) is 18.0 Å². The number of allylic oxidation sites excluding steroid dienone is 1. The SMILES string of the molecule is O=C1C(c2ccc(O)cc2)=COC2CC(O)CC(O)C12. The number of Topliss-reactive ketones (excluding diaryl/α,β-unsaturated/α-hetero) is 1. The Hall–Kier alpha value is -1.85. The van der Waals surface area contributed by atoms with E-state index < -0.39 is 24.2 Å². The Labute approximate surface area is 116 Å². The number of phenols is 1. The summed E-state index contributed by atoms with van der Waals surface area (Å²) in [6.07, 6.45) is -0.0612. The second-order valence-electron chi connectivity index (χ2n) is 5.34. The highest BCUT2D eigenvalue weighted by Gasteiger charge is 2.45. The number of carbonyl (C=O) groups is 1. The summed E-state index contributed by atoms with van der Waals surface area (Å²) in [5.74, 6) is -0.684. The summed E-state index contributed by atoms with van der Waals surface area (Å²) in [5, 5.41) is 28.9. The van der Waals surface area contributed by atoms with Gasteiger partial charge in [-0.15, -0.1) is 0 Å². The summed E-state index contributed by atoms with van der Waals surface area (Å²) < 4.78 is 5.53. The number of rotatable bonds is 1. The molecular formula is C15H16O5. The zero-order valence-corrected chi connectivity index (χ0v) is 10.8. The van der Waals surface area contributed by atoms with Crippen LogP contribution < -0.4 is 0 Å². The van der Waals surface area contributed by atoms with Crippen molar-refractivity contribution in [3.05, 3.63) is 36.1 Å². The van der Waals surface area contributed by atoms with E-state index in [9.17, 15) is 20.1 Å². The lowest BCUT2D eigenvalue weighted by molar-refractivity contribution is -0.137. The molecule has 3 N–H and O–H groups in total. The molecule has 0 spiro atoms. The summed E-state index contributed by atoms with van der Waals surface area (Å²) >= 11 is 0. The molecule has 0 bridgehead atoms. The highest BCUT2D eigenvalue weighted by atomic mass is 16.5. The van der Waals surface area contributed by atoms with Crippen LogP contribution in [0.1, 0.15) is 18.4 Å². The highest BCUT2D eigenvalue weighted by molar-refractivity contribution is 6.22. The Bertz CT molecular complexity index is 548. The standard InChI is InChI=1S/C15H16O5/c16-9-3-1-8(2-4-9)11-7-20-13-6-10(17)5-12(18)14(13)15(11)19/h1-4,7,10,12-14,16-18H,5-6H2. The van der Waals surface area contributed by atoms with Crippen LogP contribution in [0.2, 0.25) is 0 Å². The molecule has 1 heterocycles. The van der Waals surface area contributed by atoms with Crippen LogP contribution in [0.15, 0.2) is 30.5 Å². The van der Waals surface area contributed by atoms with Gasteiger partial charge in [0.15, 0.2) is 5.78 Å². The second-order valence-corrected chi connectivity index (χ2v) is 5.34. The minimum absolute atomic E-state index is 0.122. The summed E-state index contributed by atoms with van der Waals surface area (Å²) in [5.41, 5.74) is 1.03. The van der Waals surface area contributed by atoms with E-state index in [0.29, 0.717) is 17.6 Å². The van der Waals surface area contributed by atoms with Gasteiger partial charge in [-0.2, -0.15) is 0 Å². The molecule has 2 aliphatic rings. The summed E-state index contributed by atoms with van der Waals surface area (Å²) in [7, 11) is 0. The van der Waals surface area contributed by atoms with Crippen LogP contribution in [0.25, 0.3) is 5.57 Å². The van der Waals surface area contributed by atoms with E-state index in [1.807, 2.05) is 0 Å². The number of fused-ring (bicyclic) bond motifs is 1. The third kappa shape index (κ3) is 2.19. The molecule has 0 aromatic heterocycles. The van der Waals surface area contributed by atoms with Crippen LogP contribution in [-0.2, 0) is 9.53 Å². The first-order valence-electron chi connectivity index (χ1n) is 6.61. The molecule has 5 nitrogen and oxygen atoms in total. The average molecular weight is 276 g/mol. The summed E-state index contributed by atoms with van der Waals surface area (Å²) in [6.45, 7) is 0.